The van der Waals surface area contributed by atoms with E-state index in [0.717, 1.165) is 5.56 Å². The quantitative estimate of drug-likeness (QED) is 0.592. The van der Waals surface area contributed by atoms with Crippen molar-refractivity contribution in [2.75, 3.05) is 16.2 Å². The maximum Gasteiger partial charge on any atom is 0.264 e. The Hall–Kier alpha value is -3.21. The Morgan fingerprint density at radius 2 is 1.56 bits per heavy atom. The zero-order chi connectivity index (χ0) is 22.9. The summed E-state index contributed by atoms with van der Waals surface area (Å²) in [6.07, 6.45) is 1.29. The summed E-state index contributed by atoms with van der Waals surface area (Å²) >= 11 is 0. The second-order valence-corrected chi connectivity index (χ2v) is 10.8. The van der Waals surface area contributed by atoms with Gasteiger partial charge in [0.25, 0.3) is 15.9 Å². The number of nitrogens with one attached hydrogen (secondary N) is 1. The molecule has 32 heavy (non-hydrogen) atoms. The van der Waals surface area contributed by atoms with Gasteiger partial charge in [-0.3, -0.25) is 9.10 Å². The van der Waals surface area contributed by atoms with E-state index in [1.807, 2.05) is 0 Å². The molecule has 3 N–H and O–H groups in total. The largest absolute Gasteiger partial charge is 0.322 e. The molecule has 0 aliphatic carbocycles. The normalized spacial score (nSPS) is 14.0. The van der Waals surface area contributed by atoms with Crippen LogP contribution < -0.4 is 14.8 Å². The number of benzene rings is 3. The molecule has 166 valence electrons. The van der Waals surface area contributed by atoms with Gasteiger partial charge in [0.05, 0.1) is 15.5 Å². The van der Waals surface area contributed by atoms with E-state index >= 15 is 0 Å². The number of anilines is 2. The zero-order valence-corrected chi connectivity index (χ0v) is 18.6. The fourth-order valence-corrected chi connectivity index (χ4v) is 5.68. The molecular formula is C22H21N3O5S2. The molecular weight excluding hydrogens is 450 g/mol. The second-order valence-electron chi connectivity index (χ2n) is 7.36. The predicted octanol–water partition coefficient (Wildman–Crippen LogP) is 2.73. The summed E-state index contributed by atoms with van der Waals surface area (Å²) in [6, 6.07) is 18.7. The van der Waals surface area contributed by atoms with Crippen LogP contribution in [0.25, 0.3) is 0 Å². The van der Waals surface area contributed by atoms with Gasteiger partial charge in [-0.2, -0.15) is 0 Å². The van der Waals surface area contributed by atoms with E-state index in [9.17, 15) is 21.6 Å². The van der Waals surface area contributed by atoms with Gasteiger partial charge in [-0.1, -0.05) is 18.2 Å². The van der Waals surface area contributed by atoms with Gasteiger partial charge in [0.2, 0.25) is 10.0 Å². The molecule has 0 saturated heterocycles. The van der Waals surface area contributed by atoms with Crippen molar-refractivity contribution in [2.24, 2.45) is 5.14 Å². The summed E-state index contributed by atoms with van der Waals surface area (Å²) in [6.45, 7) is 0.367. The number of sulfonamides is 2. The van der Waals surface area contributed by atoms with Gasteiger partial charge in [0.15, 0.2) is 0 Å². The average molecular weight is 472 g/mol. The molecule has 1 amide bonds. The van der Waals surface area contributed by atoms with Gasteiger partial charge in [0, 0.05) is 17.8 Å². The number of hydrogen-bond acceptors (Lipinski definition) is 5. The highest BCUT2D eigenvalue weighted by molar-refractivity contribution is 7.92. The van der Waals surface area contributed by atoms with E-state index in [1.165, 1.54) is 28.6 Å². The van der Waals surface area contributed by atoms with Crippen molar-refractivity contribution in [3.05, 3.63) is 83.9 Å². The Morgan fingerprint density at radius 1 is 0.875 bits per heavy atom. The first kappa shape index (κ1) is 22.0. The topological polar surface area (TPSA) is 127 Å². The SMILES string of the molecule is NS(=O)(=O)c1ccc(NC(=O)c2ccc3c(c2)CCCN3S(=O)(=O)c2ccccc2)cc1. The molecule has 3 aromatic carbocycles. The highest BCUT2D eigenvalue weighted by Crippen LogP contribution is 2.32. The smallest absolute Gasteiger partial charge is 0.264 e. The van der Waals surface area contributed by atoms with E-state index in [1.54, 1.807) is 48.5 Å². The Morgan fingerprint density at radius 3 is 2.22 bits per heavy atom. The summed E-state index contributed by atoms with van der Waals surface area (Å²) in [7, 11) is -7.51. The van der Waals surface area contributed by atoms with Crippen LogP contribution in [0.1, 0.15) is 22.3 Å². The lowest BCUT2D eigenvalue weighted by Crippen LogP contribution is -2.35. The van der Waals surface area contributed by atoms with Crippen LogP contribution in [0.4, 0.5) is 11.4 Å². The number of aryl methyl sites for hydroxylation is 1. The number of amides is 1. The van der Waals surface area contributed by atoms with Crippen molar-refractivity contribution >= 4 is 37.3 Å². The number of hydrogen-bond donors (Lipinski definition) is 2. The monoisotopic (exact) mass is 471 g/mol. The van der Waals surface area contributed by atoms with Crippen molar-refractivity contribution < 1.29 is 21.6 Å². The molecule has 0 unspecified atom stereocenters. The number of rotatable bonds is 5. The third-order valence-corrected chi connectivity index (χ3v) is 7.95. The Kier molecular flexibility index (Phi) is 5.76. The minimum Gasteiger partial charge on any atom is -0.322 e. The third kappa shape index (κ3) is 4.38. The Labute approximate surface area is 186 Å². The minimum absolute atomic E-state index is 0.0519. The standard InChI is InChI=1S/C22H21N3O5S2/c23-31(27,28)19-11-9-18(10-12-19)24-22(26)17-8-13-21-16(15-17)5-4-14-25(21)32(29,30)20-6-2-1-3-7-20/h1-3,6-13,15H,4-5,14H2,(H,24,26)(H2,23,27,28). The van der Waals surface area contributed by atoms with Gasteiger partial charge in [-0.25, -0.2) is 22.0 Å². The molecule has 0 bridgehead atoms. The second kappa shape index (κ2) is 8.38. The van der Waals surface area contributed by atoms with Crippen molar-refractivity contribution in [2.45, 2.75) is 22.6 Å². The molecule has 0 fully saturated rings. The summed E-state index contributed by atoms with van der Waals surface area (Å²) in [5.74, 6) is -0.390. The fourth-order valence-electron chi connectivity index (χ4n) is 3.60. The highest BCUT2D eigenvalue weighted by atomic mass is 32.2. The van der Waals surface area contributed by atoms with Crippen molar-refractivity contribution in [3.8, 4) is 0 Å². The van der Waals surface area contributed by atoms with Gasteiger partial charge < -0.3 is 5.32 Å². The van der Waals surface area contributed by atoms with E-state index in [4.69, 9.17) is 5.14 Å². The Bertz CT molecular complexity index is 1370. The summed E-state index contributed by atoms with van der Waals surface area (Å²) in [4.78, 5) is 12.9. The van der Waals surface area contributed by atoms with E-state index in [0.29, 0.717) is 36.3 Å². The highest BCUT2D eigenvalue weighted by Gasteiger charge is 2.29. The summed E-state index contributed by atoms with van der Waals surface area (Å²) in [5.41, 5.74) is 2.12. The van der Waals surface area contributed by atoms with Gasteiger partial charge in [-0.05, 0) is 73.0 Å². The summed E-state index contributed by atoms with van der Waals surface area (Å²) < 4.78 is 50.3. The van der Waals surface area contributed by atoms with E-state index < -0.39 is 20.0 Å². The van der Waals surface area contributed by atoms with E-state index in [-0.39, 0.29) is 15.7 Å². The van der Waals surface area contributed by atoms with Crippen molar-refractivity contribution in [1.29, 1.82) is 0 Å². The molecule has 0 atom stereocenters. The molecule has 0 spiro atoms. The van der Waals surface area contributed by atoms with Crippen LogP contribution in [-0.4, -0.2) is 29.3 Å². The number of nitrogens with two attached hydrogens (primary N) is 1. The lowest BCUT2D eigenvalue weighted by atomic mass is 10.0. The van der Waals surface area contributed by atoms with Crippen LogP contribution in [0.15, 0.2) is 82.6 Å². The molecule has 0 radical (unpaired) electrons. The van der Waals surface area contributed by atoms with Crippen LogP contribution in [0, 0.1) is 0 Å². The molecule has 1 aliphatic heterocycles. The lowest BCUT2D eigenvalue weighted by molar-refractivity contribution is 0.102. The predicted molar refractivity (Wildman–Crippen MR) is 122 cm³/mol. The maximum absolute atomic E-state index is 13.1. The van der Waals surface area contributed by atoms with Crippen molar-refractivity contribution in [1.82, 2.24) is 0 Å². The number of nitrogens with zero attached hydrogens (tertiary/aromatic N) is 1. The molecule has 3 aromatic rings. The molecule has 1 aliphatic rings. The van der Waals surface area contributed by atoms with Crippen molar-refractivity contribution in [3.63, 3.8) is 0 Å². The first-order valence-corrected chi connectivity index (χ1v) is 12.8. The fraction of sp³-hybridized carbons (Fsp3) is 0.136. The first-order chi connectivity index (χ1) is 15.2. The molecule has 0 saturated carbocycles. The average Bonchev–Trinajstić information content (AvgIpc) is 2.78. The minimum atomic E-state index is -3.81. The molecule has 1 heterocycles. The third-order valence-electron chi connectivity index (χ3n) is 5.19. The number of fused-ring (bicyclic) bond motifs is 1. The van der Waals surface area contributed by atoms with E-state index in [2.05, 4.69) is 5.32 Å². The maximum atomic E-state index is 13.1. The molecule has 0 aromatic heterocycles. The van der Waals surface area contributed by atoms with Crippen LogP contribution in [0.3, 0.4) is 0 Å². The van der Waals surface area contributed by atoms with Crippen LogP contribution in [-0.2, 0) is 26.5 Å². The number of primary sulfonamides is 1. The Balaban J connectivity index is 1.58. The van der Waals surface area contributed by atoms with Crippen LogP contribution in [0.5, 0.6) is 0 Å². The van der Waals surface area contributed by atoms with Gasteiger partial charge in [-0.15, -0.1) is 0 Å². The summed E-state index contributed by atoms with van der Waals surface area (Å²) in [5, 5.41) is 7.79. The van der Waals surface area contributed by atoms with Gasteiger partial charge >= 0.3 is 0 Å². The van der Waals surface area contributed by atoms with Crippen LogP contribution in [0.2, 0.25) is 0 Å². The molecule has 10 heteroatoms. The number of carbonyl (C=O) groups excluding carboxylic acids is 1. The lowest BCUT2D eigenvalue weighted by Gasteiger charge is -2.30. The molecule has 8 nitrogen and oxygen atoms in total. The first-order valence-electron chi connectivity index (χ1n) is 9.81. The van der Waals surface area contributed by atoms with Gasteiger partial charge in [0.1, 0.15) is 0 Å². The van der Waals surface area contributed by atoms with Crippen LogP contribution >= 0.6 is 0 Å². The zero-order valence-electron chi connectivity index (χ0n) is 16.9. The molecule has 4 rings (SSSR count). The number of carbonyl (C=O) groups is 1.